The Hall–Kier alpha value is -1.79. The van der Waals surface area contributed by atoms with Crippen LogP contribution < -0.4 is 10.2 Å². The van der Waals surface area contributed by atoms with E-state index >= 15 is 0 Å². The lowest BCUT2D eigenvalue weighted by molar-refractivity contribution is 0.0168. The van der Waals surface area contributed by atoms with Gasteiger partial charge in [0.2, 0.25) is 0 Å². The summed E-state index contributed by atoms with van der Waals surface area (Å²) in [6.07, 6.45) is 3.61. The number of para-hydroxylation sites is 1. The molecule has 0 aromatic heterocycles. The lowest BCUT2D eigenvalue weighted by Crippen LogP contribution is -2.52. The molecule has 2 aliphatic heterocycles. The first-order valence-electron chi connectivity index (χ1n) is 9.82. The van der Waals surface area contributed by atoms with Crippen LogP contribution in [0.5, 0.6) is 0 Å². The summed E-state index contributed by atoms with van der Waals surface area (Å²) in [6.45, 7) is 7.31. The molecule has 0 amide bonds. The summed E-state index contributed by atoms with van der Waals surface area (Å²) in [6, 6.07) is 10.6. The standard InChI is InChI=1S/C20H32N4O2/c1-21-20(22-10-6-15-25-17-19-9-5-16-26-19)24-13-11-23(12-14-24)18-7-3-2-4-8-18/h2-4,7-8,19H,5-6,9-17H2,1H3,(H,21,22). The first-order valence-corrected chi connectivity index (χ1v) is 9.82. The molecule has 0 saturated carbocycles. The van der Waals surface area contributed by atoms with Crippen molar-refractivity contribution < 1.29 is 9.47 Å². The number of piperazine rings is 1. The summed E-state index contributed by atoms with van der Waals surface area (Å²) in [5.41, 5.74) is 1.30. The predicted octanol–water partition coefficient (Wildman–Crippen LogP) is 1.97. The van der Waals surface area contributed by atoms with Crippen LogP contribution in [0.3, 0.4) is 0 Å². The average Bonchev–Trinajstić information content (AvgIpc) is 3.22. The number of benzene rings is 1. The second-order valence-corrected chi connectivity index (χ2v) is 6.85. The van der Waals surface area contributed by atoms with Crippen LogP contribution in [-0.4, -0.2) is 76.6 Å². The highest BCUT2D eigenvalue weighted by atomic mass is 16.5. The van der Waals surface area contributed by atoms with Crippen molar-refractivity contribution in [1.82, 2.24) is 10.2 Å². The van der Waals surface area contributed by atoms with Crippen LogP contribution in [-0.2, 0) is 9.47 Å². The monoisotopic (exact) mass is 360 g/mol. The molecule has 0 spiro atoms. The lowest BCUT2D eigenvalue weighted by atomic mass is 10.2. The number of aliphatic imine (C=N–C) groups is 1. The number of rotatable bonds is 7. The molecule has 1 aromatic rings. The maximum absolute atomic E-state index is 5.72. The summed E-state index contributed by atoms with van der Waals surface area (Å²) < 4.78 is 11.3. The summed E-state index contributed by atoms with van der Waals surface area (Å²) in [5.74, 6) is 0.997. The topological polar surface area (TPSA) is 49.3 Å². The molecule has 0 aliphatic carbocycles. The molecule has 1 N–H and O–H groups in total. The molecule has 2 fully saturated rings. The number of nitrogens with one attached hydrogen (secondary N) is 1. The van der Waals surface area contributed by atoms with Crippen molar-refractivity contribution in [1.29, 1.82) is 0 Å². The van der Waals surface area contributed by atoms with Gasteiger partial charge in [-0.3, -0.25) is 4.99 Å². The second kappa shape index (κ2) is 10.4. The zero-order valence-electron chi connectivity index (χ0n) is 15.9. The van der Waals surface area contributed by atoms with Crippen molar-refractivity contribution in [2.75, 3.05) is 64.5 Å². The normalized spacial score (nSPS) is 21.3. The van der Waals surface area contributed by atoms with Crippen LogP contribution in [0, 0.1) is 0 Å². The van der Waals surface area contributed by atoms with Crippen LogP contribution in [0.15, 0.2) is 35.3 Å². The Morgan fingerprint density at radius 1 is 1.23 bits per heavy atom. The second-order valence-electron chi connectivity index (χ2n) is 6.85. The average molecular weight is 361 g/mol. The fraction of sp³-hybridized carbons (Fsp3) is 0.650. The SMILES string of the molecule is CN=C(NCCCOCC1CCCO1)N1CCN(c2ccccc2)CC1. The molecule has 0 bridgehead atoms. The van der Waals surface area contributed by atoms with Gasteiger partial charge in [-0.15, -0.1) is 0 Å². The molecule has 1 unspecified atom stereocenters. The molecule has 26 heavy (non-hydrogen) atoms. The maximum atomic E-state index is 5.72. The van der Waals surface area contributed by atoms with E-state index < -0.39 is 0 Å². The van der Waals surface area contributed by atoms with E-state index in [0.717, 1.165) is 71.3 Å². The molecule has 2 heterocycles. The van der Waals surface area contributed by atoms with Gasteiger partial charge in [0, 0.05) is 58.7 Å². The van der Waals surface area contributed by atoms with E-state index in [1.54, 1.807) is 0 Å². The minimum Gasteiger partial charge on any atom is -0.379 e. The quantitative estimate of drug-likeness (QED) is 0.458. The Morgan fingerprint density at radius 2 is 2.04 bits per heavy atom. The van der Waals surface area contributed by atoms with Crippen LogP contribution in [0.25, 0.3) is 0 Å². The van der Waals surface area contributed by atoms with E-state index in [2.05, 4.69) is 50.4 Å². The zero-order chi connectivity index (χ0) is 18.0. The van der Waals surface area contributed by atoms with Crippen molar-refractivity contribution in [2.24, 2.45) is 4.99 Å². The molecule has 3 rings (SSSR count). The van der Waals surface area contributed by atoms with Gasteiger partial charge < -0.3 is 24.6 Å². The third-order valence-electron chi connectivity index (χ3n) is 4.99. The molecule has 6 heteroatoms. The Morgan fingerprint density at radius 3 is 2.73 bits per heavy atom. The van der Waals surface area contributed by atoms with E-state index in [4.69, 9.17) is 9.47 Å². The van der Waals surface area contributed by atoms with Gasteiger partial charge in [0.25, 0.3) is 0 Å². The highest BCUT2D eigenvalue weighted by Crippen LogP contribution is 2.15. The van der Waals surface area contributed by atoms with E-state index in [0.29, 0.717) is 6.10 Å². The first kappa shape index (κ1) is 19.0. The maximum Gasteiger partial charge on any atom is 0.193 e. The predicted molar refractivity (Wildman–Crippen MR) is 106 cm³/mol. The van der Waals surface area contributed by atoms with Crippen LogP contribution in [0.2, 0.25) is 0 Å². The van der Waals surface area contributed by atoms with Crippen LogP contribution in [0.1, 0.15) is 19.3 Å². The zero-order valence-corrected chi connectivity index (χ0v) is 15.9. The summed E-state index contributed by atoms with van der Waals surface area (Å²) in [7, 11) is 1.86. The molecule has 1 atom stereocenters. The third kappa shape index (κ3) is 5.61. The van der Waals surface area contributed by atoms with Gasteiger partial charge in [0.1, 0.15) is 0 Å². The van der Waals surface area contributed by atoms with Gasteiger partial charge in [0.15, 0.2) is 5.96 Å². The van der Waals surface area contributed by atoms with Crippen molar-refractivity contribution in [3.63, 3.8) is 0 Å². The largest absolute Gasteiger partial charge is 0.379 e. The Labute approximate surface area is 157 Å². The first-order chi connectivity index (χ1) is 12.9. The van der Waals surface area contributed by atoms with E-state index in [-0.39, 0.29) is 0 Å². The summed E-state index contributed by atoms with van der Waals surface area (Å²) in [4.78, 5) is 9.22. The highest BCUT2D eigenvalue weighted by molar-refractivity contribution is 5.80. The Balaban J connectivity index is 1.30. The molecular weight excluding hydrogens is 328 g/mol. The van der Waals surface area contributed by atoms with Crippen molar-refractivity contribution in [2.45, 2.75) is 25.4 Å². The molecule has 1 aromatic carbocycles. The van der Waals surface area contributed by atoms with E-state index in [1.807, 2.05) is 7.05 Å². The van der Waals surface area contributed by atoms with Crippen molar-refractivity contribution in [3.8, 4) is 0 Å². The summed E-state index contributed by atoms with van der Waals surface area (Å²) in [5, 5.41) is 3.47. The number of anilines is 1. The number of ether oxygens (including phenoxy) is 2. The number of guanidine groups is 1. The van der Waals surface area contributed by atoms with E-state index in [1.165, 1.54) is 12.1 Å². The smallest absolute Gasteiger partial charge is 0.193 e. The van der Waals surface area contributed by atoms with Crippen LogP contribution in [0.4, 0.5) is 5.69 Å². The van der Waals surface area contributed by atoms with Gasteiger partial charge in [-0.05, 0) is 31.4 Å². The Bertz CT molecular complexity index is 538. The molecule has 144 valence electrons. The number of hydrogen-bond acceptors (Lipinski definition) is 4. The van der Waals surface area contributed by atoms with Gasteiger partial charge in [-0.2, -0.15) is 0 Å². The van der Waals surface area contributed by atoms with Gasteiger partial charge in [-0.1, -0.05) is 18.2 Å². The fourth-order valence-corrected chi connectivity index (χ4v) is 3.51. The Kier molecular flexibility index (Phi) is 7.58. The fourth-order valence-electron chi connectivity index (χ4n) is 3.51. The van der Waals surface area contributed by atoms with E-state index in [9.17, 15) is 0 Å². The molecule has 2 saturated heterocycles. The van der Waals surface area contributed by atoms with Crippen molar-refractivity contribution >= 4 is 11.6 Å². The van der Waals surface area contributed by atoms with Gasteiger partial charge >= 0.3 is 0 Å². The minimum absolute atomic E-state index is 0.316. The number of hydrogen-bond donors (Lipinski definition) is 1. The third-order valence-corrected chi connectivity index (χ3v) is 4.99. The number of nitrogens with zero attached hydrogens (tertiary/aromatic N) is 3. The molecular formula is C20H32N4O2. The summed E-state index contributed by atoms with van der Waals surface area (Å²) >= 11 is 0. The molecule has 0 radical (unpaired) electrons. The van der Waals surface area contributed by atoms with Crippen molar-refractivity contribution in [3.05, 3.63) is 30.3 Å². The van der Waals surface area contributed by atoms with Gasteiger partial charge in [0.05, 0.1) is 12.7 Å². The van der Waals surface area contributed by atoms with Gasteiger partial charge in [-0.25, -0.2) is 0 Å². The molecule has 6 nitrogen and oxygen atoms in total. The van der Waals surface area contributed by atoms with Crippen LogP contribution >= 0.6 is 0 Å². The highest BCUT2D eigenvalue weighted by Gasteiger charge is 2.19. The minimum atomic E-state index is 0.316. The lowest BCUT2D eigenvalue weighted by Gasteiger charge is -2.37. The molecule has 2 aliphatic rings.